The van der Waals surface area contributed by atoms with Gasteiger partial charge in [-0.1, -0.05) is 31.3 Å². The third kappa shape index (κ3) is 2.85. The van der Waals surface area contributed by atoms with E-state index in [1.54, 1.807) is 19.1 Å². The first-order valence-corrected chi connectivity index (χ1v) is 6.87. The molecule has 0 spiro atoms. The highest BCUT2D eigenvalue weighted by Gasteiger charge is 2.34. The van der Waals surface area contributed by atoms with Crippen molar-refractivity contribution in [2.24, 2.45) is 5.73 Å². The maximum absolute atomic E-state index is 12.3. The van der Waals surface area contributed by atoms with Crippen molar-refractivity contribution in [3.63, 3.8) is 0 Å². The monoisotopic (exact) mass is 294 g/mol. The minimum absolute atomic E-state index is 0.167. The molecule has 0 aliphatic carbocycles. The molecular weight excluding hydrogens is 276 g/mol. The van der Waals surface area contributed by atoms with E-state index in [1.165, 1.54) is 0 Å². The van der Waals surface area contributed by atoms with Gasteiger partial charge in [0, 0.05) is 0 Å². The fraction of sp³-hybridized carbons (Fsp3) is 0.429. The average molecular weight is 294 g/mol. The van der Waals surface area contributed by atoms with E-state index in [1.807, 2.05) is 19.1 Å². The van der Waals surface area contributed by atoms with Gasteiger partial charge in [-0.25, -0.2) is 0 Å². The smallest absolute Gasteiger partial charge is 0.265 e. The van der Waals surface area contributed by atoms with Crippen molar-refractivity contribution in [2.75, 3.05) is 6.61 Å². The molecule has 6 heteroatoms. The van der Waals surface area contributed by atoms with Crippen molar-refractivity contribution < 1.29 is 14.3 Å². The number of ether oxygens (including phenoxy) is 2. The summed E-state index contributed by atoms with van der Waals surface area (Å²) in [4.78, 5) is 12.5. The maximum Gasteiger partial charge on any atom is 0.265 e. The number of carbonyl (C=O) groups excluding carboxylic acids is 1. The van der Waals surface area contributed by atoms with E-state index in [-0.39, 0.29) is 17.5 Å². The van der Waals surface area contributed by atoms with Crippen LogP contribution in [-0.4, -0.2) is 29.1 Å². The van der Waals surface area contributed by atoms with Crippen molar-refractivity contribution >= 4 is 23.1 Å². The Balaban J connectivity index is 2.07. The van der Waals surface area contributed by atoms with Gasteiger partial charge in [-0.3, -0.25) is 4.79 Å². The highest BCUT2D eigenvalue weighted by molar-refractivity contribution is 7.80. The summed E-state index contributed by atoms with van der Waals surface area (Å²) in [6.07, 6.45) is -0.0942. The zero-order chi connectivity index (χ0) is 14.8. The molecule has 1 aliphatic rings. The zero-order valence-corrected chi connectivity index (χ0v) is 12.3. The first kappa shape index (κ1) is 14.6. The quantitative estimate of drug-likeness (QED) is 0.821. The van der Waals surface area contributed by atoms with Crippen molar-refractivity contribution in [3.05, 3.63) is 24.3 Å². The highest BCUT2D eigenvalue weighted by Crippen LogP contribution is 2.31. The predicted octanol–water partition coefficient (Wildman–Crippen LogP) is 1.40. The molecule has 5 nitrogen and oxygen atoms in total. The molecule has 20 heavy (non-hydrogen) atoms. The number of thiocarbonyl (C=S) groups is 1. The molecule has 3 N–H and O–H groups in total. The van der Waals surface area contributed by atoms with Gasteiger partial charge in [-0.2, -0.15) is 0 Å². The topological polar surface area (TPSA) is 73.6 Å². The largest absolute Gasteiger partial charge is 0.485 e. The normalized spacial score (nSPS) is 19.8. The van der Waals surface area contributed by atoms with Crippen LogP contribution in [0.1, 0.15) is 20.3 Å². The van der Waals surface area contributed by atoms with Crippen LogP contribution in [0.5, 0.6) is 11.5 Å². The molecule has 0 aromatic heterocycles. The number of carbonyl (C=O) groups is 1. The molecule has 2 unspecified atom stereocenters. The summed E-state index contributed by atoms with van der Waals surface area (Å²) in [5, 5.41) is 2.83. The van der Waals surface area contributed by atoms with E-state index in [0.717, 1.165) is 0 Å². The molecule has 0 saturated carbocycles. The zero-order valence-electron chi connectivity index (χ0n) is 11.5. The van der Waals surface area contributed by atoms with Gasteiger partial charge in [0.05, 0.1) is 10.5 Å². The van der Waals surface area contributed by atoms with Crippen LogP contribution in [0.25, 0.3) is 0 Å². The highest BCUT2D eigenvalue weighted by atomic mass is 32.1. The molecule has 1 aromatic carbocycles. The Labute approximate surface area is 123 Å². The summed E-state index contributed by atoms with van der Waals surface area (Å²) in [5.74, 6) is 0.924. The van der Waals surface area contributed by atoms with Gasteiger partial charge in [0.15, 0.2) is 11.5 Å². The predicted molar refractivity (Wildman–Crippen MR) is 80.0 cm³/mol. The second kappa shape index (κ2) is 5.66. The van der Waals surface area contributed by atoms with Crippen molar-refractivity contribution in [3.8, 4) is 11.5 Å². The molecule has 2 atom stereocenters. The van der Waals surface area contributed by atoms with Crippen LogP contribution in [0, 0.1) is 0 Å². The van der Waals surface area contributed by atoms with Crippen LogP contribution in [0.4, 0.5) is 0 Å². The number of amides is 1. The van der Waals surface area contributed by atoms with Crippen LogP contribution < -0.4 is 20.5 Å². The van der Waals surface area contributed by atoms with Crippen LogP contribution >= 0.6 is 12.2 Å². The summed E-state index contributed by atoms with van der Waals surface area (Å²) >= 11 is 5.00. The second-order valence-corrected chi connectivity index (χ2v) is 5.34. The number of nitrogens with one attached hydrogen (secondary N) is 1. The lowest BCUT2D eigenvalue weighted by atomic mass is 9.98. The third-order valence-electron chi connectivity index (χ3n) is 3.45. The Morgan fingerprint density at radius 3 is 2.75 bits per heavy atom. The third-order valence-corrected chi connectivity index (χ3v) is 3.90. The van der Waals surface area contributed by atoms with Gasteiger partial charge >= 0.3 is 0 Å². The van der Waals surface area contributed by atoms with Crippen LogP contribution in [0.3, 0.4) is 0 Å². The lowest BCUT2D eigenvalue weighted by Crippen LogP contribution is -2.58. The SMILES string of the molecule is CCC(C)(NC(=O)C1COc2ccccc2O1)C(N)=S. The summed E-state index contributed by atoms with van der Waals surface area (Å²) in [7, 11) is 0. The fourth-order valence-corrected chi connectivity index (χ4v) is 2.02. The maximum atomic E-state index is 12.3. The Hall–Kier alpha value is -1.82. The second-order valence-electron chi connectivity index (χ2n) is 4.90. The average Bonchev–Trinajstić information content (AvgIpc) is 2.46. The standard InChI is InChI=1S/C14H18N2O3S/c1-3-14(2,13(15)20)16-12(17)11-8-18-9-6-4-5-7-10(9)19-11/h4-7,11H,3,8H2,1-2H3,(H2,15,20)(H,16,17). The molecule has 108 valence electrons. The van der Waals surface area contributed by atoms with E-state index >= 15 is 0 Å². The van der Waals surface area contributed by atoms with E-state index in [9.17, 15) is 4.79 Å². The Morgan fingerprint density at radius 1 is 1.50 bits per heavy atom. The van der Waals surface area contributed by atoms with E-state index in [4.69, 9.17) is 27.4 Å². The van der Waals surface area contributed by atoms with Gasteiger partial charge < -0.3 is 20.5 Å². The molecule has 0 fully saturated rings. The van der Waals surface area contributed by atoms with E-state index in [0.29, 0.717) is 17.9 Å². The number of nitrogens with two attached hydrogens (primary N) is 1. The number of benzene rings is 1. The Morgan fingerprint density at radius 2 is 2.15 bits per heavy atom. The number of hydrogen-bond acceptors (Lipinski definition) is 4. The number of rotatable bonds is 4. The molecule has 0 bridgehead atoms. The van der Waals surface area contributed by atoms with E-state index in [2.05, 4.69) is 5.32 Å². The number of para-hydroxylation sites is 2. The van der Waals surface area contributed by atoms with Crippen LogP contribution in [-0.2, 0) is 4.79 Å². The Kier molecular flexibility index (Phi) is 4.13. The van der Waals surface area contributed by atoms with Gasteiger partial charge in [-0.05, 0) is 25.5 Å². The van der Waals surface area contributed by atoms with Gasteiger partial charge in [0.1, 0.15) is 6.61 Å². The summed E-state index contributed by atoms with van der Waals surface area (Å²) in [5.41, 5.74) is 4.96. The van der Waals surface area contributed by atoms with Crippen LogP contribution in [0.15, 0.2) is 24.3 Å². The molecule has 2 rings (SSSR count). The van der Waals surface area contributed by atoms with Gasteiger partial charge in [0.25, 0.3) is 5.91 Å². The summed E-state index contributed by atoms with van der Waals surface area (Å²) in [6, 6.07) is 7.24. The summed E-state index contributed by atoms with van der Waals surface area (Å²) in [6.45, 7) is 3.87. The lowest BCUT2D eigenvalue weighted by Gasteiger charge is -2.32. The molecule has 0 radical (unpaired) electrons. The molecule has 1 aromatic rings. The number of hydrogen-bond donors (Lipinski definition) is 2. The first-order chi connectivity index (χ1) is 9.46. The number of fused-ring (bicyclic) bond motifs is 1. The molecule has 1 heterocycles. The van der Waals surface area contributed by atoms with E-state index < -0.39 is 11.6 Å². The van der Waals surface area contributed by atoms with Gasteiger partial charge in [0.2, 0.25) is 6.10 Å². The van der Waals surface area contributed by atoms with Crippen molar-refractivity contribution in [1.82, 2.24) is 5.32 Å². The fourth-order valence-electron chi connectivity index (χ4n) is 1.83. The van der Waals surface area contributed by atoms with Crippen LogP contribution in [0.2, 0.25) is 0 Å². The molecule has 0 saturated heterocycles. The molecular formula is C14H18N2O3S. The molecule has 1 aliphatic heterocycles. The minimum Gasteiger partial charge on any atom is -0.485 e. The molecule has 1 amide bonds. The summed E-state index contributed by atoms with van der Waals surface area (Å²) < 4.78 is 11.2. The van der Waals surface area contributed by atoms with Crippen molar-refractivity contribution in [1.29, 1.82) is 0 Å². The van der Waals surface area contributed by atoms with Gasteiger partial charge in [-0.15, -0.1) is 0 Å². The minimum atomic E-state index is -0.716. The first-order valence-electron chi connectivity index (χ1n) is 6.46. The Bertz CT molecular complexity index is 535. The lowest BCUT2D eigenvalue weighted by molar-refractivity contribution is -0.131. The van der Waals surface area contributed by atoms with Crippen molar-refractivity contribution in [2.45, 2.75) is 31.9 Å².